The van der Waals surface area contributed by atoms with Crippen molar-refractivity contribution in [2.45, 2.75) is 26.7 Å². The van der Waals surface area contributed by atoms with Gasteiger partial charge in [-0.15, -0.1) is 0 Å². The summed E-state index contributed by atoms with van der Waals surface area (Å²) in [6.07, 6.45) is 6.76. The second kappa shape index (κ2) is 6.84. The van der Waals surface area contributed by atoms with E-state index in [-0.39, 0.29) is 0 Å². The van der Waals surface area contributed by atoms with Gasteiger partial charge in [0.25, 0.3) is 0 Å². The Morgan fingerprint density at radius 2 is 1.44 bits per heavy atom. The maximum absolute atomic E-state index is 3.91. The first-order valence-electron chi connectivity index (χ1n) is 5.72. The molecule has 0 spiro atoms. The first-order chi connectivity index (χ1) is 7.70. The predicted octanol–water partition coefficient (Wildman–Crippen LogP) is 4.92. The molecular weight excluding hydrogens is 192 g/mol. The summed E-state index contributed by atoms with van der Waals surface area (Å²) in [5.74, 6) is 0. The standard InChI is InChI=1S/C10H14.C6H6/c1-8(2)10-6-4-9(3)5-7-10;1-2-4-6-5-3-1/h4,6H,1,5,7H2,2-3H3;1-6H. The van der Waals surface area contributed by atoms with Gasteiger partial charge in [0.1, 0.15) is 0 Å². The zero-order valence-electron chi connectivity index (χ0n) is 10.2. The van der Waals surface area contributed by atoms with Crippen LogP contribution in [0.1, 0.15) is 26.7 Å². The highest BCUT2D eigenvalue weighted by Crippen LogP contribution is 2.21. The van der Waals surface area contributed by atoms with Crippen molar-refractivity contribution in [3.63, 3.8) is 0 Å². The van der Waals surface area contributed by atoms with Crippen molar-refractivity contribution < 1.29 is 0 Å². The van der Waals surface area contributed by atoms with E-state index in [0.29, 0.717) is 0 Å². The van der Waals surface area contributed by atoms with Gasteiger partial charge in [-0.05, 0) is 32.3 Å². The molecular formula is C16H20. The molecule has 0 saturated carbocycles. The average molecular weight is 212 g/mol. The third-order valence-electron chi connectivity index (χ3n) is 2.57. The molecule has 0 atom stereocenters. The molecule has 1 aliphatic carbocycles. The lowest BCUT2D eigenvalue weighted by atomic mass is 9.96. The summed E-state index contributed by atoms with van der Waals surface area (Å²) in [7, 11) is 0. The molecule has 0 aliphatic heterocycles. The zero-order valence-corrected chi connectivity index (χ0v) is 10.2. The molecule has 1 aliphatic rings. The van der Waals surface area contributed by atoms with Crippen LogP contribution in [-0.2, 0) is 0 Å². The van der Waals surface area contributed by atoms with E-state index in [0.717, 1.165) is 0 Å². The number of allylic oxidation sites excluding steroid dienone is 5. The molecule has 0 heteroatoms. The molecule has 0 aromatic heterocycles. The molecule has 1 aromatic rings. The fourth-order valence-electron chi connectivity index (χ4n) is 1.48. The van der Waals surface area contributed by atoms with Gasteiger partial charge in [-0.1, -0.05) is 66.3 Å². The Kier molecular flexibility index (Phi) is 5.35. The monoisotopic (exact) mass is 212 g/mol. The first kappa shape index (κ1) is 12.5. The van der Waals surface area contributed by atoms with Gasteiger partial charge in [0.05, 0.1) is 0 Å². The lowest BCUT2D eigenvalue weighted by molar-refractivity contribution is 0.913. The van der Waals surface area contributed by atoms with E-state index < -0.39 is 0 Å². The minimum absolute atomic E-state index is 1.18. The van der Waals surface area contributed by atoms with Crippen molar-refractivity contribution in [1.82, 2.24) is 0 Å². The van der Waals surface area contributed by atoms with Gasteiger partial charge in [0.2, 0.25) is 0 Å². The molecule has 0 amide bonds. The maximum atomic E-state index is 3.91. The Hall–Kier alpha value is -1.56. The smallest absolute Gasteiger partial charge is 0.0239 e. The van der Waals surface area contributed by atoms with Crippen molar-refractivity contribution >= 4 is 0 Å². The second-order valence-electron chi connectivity index (χ2n) is 4.14. The number of hydrogen-bond donors (Lipinski definition) is 0. The Bertz CT molecular complexity index is 353. The SMILES string of the molecule is C=C(C)C1=CC=C(C)CC1.c1ccccc1. The first-order valence-corrected chi connectivity index (χ1v) is 5.72. The summed E-state index contributed by atoms with van der Waals surface area (Å²) in [6.45, 7) is 8.15. The highest BCUT2D eigenvalue weighted by molar-refractivity contribution is 5.34. The third-order valence-corrected chi connectivity index (χ3v) is 2.57. The normalized spacial score (nSPS) is 14.1. The fraction of sp³-hybridized carbons (Fsp3) is 0.250. The van der Waals surface area contributed by atoms with Crippen LogP contribution in [0.2, 0.25) is 0 Å². The van der Waals surface area contributed by atoms with Gasteiger partial charge in [-0.2, -0.15) is 0 Å². The molecule has 0 unspecified atom stereocenters. The molecule has 0 bridgehead atoms. The molecule has 84 valence electrons. The molecule has 1 aromatic carbocycles. The summed E-state index contributed by atoms with van der Waals surface area (Å²) < 4.78 is 0. The minimum Gasteiger partial charge on any atom is -0.0958 e. The van der Waals surface area contributed by atoms with Crippen molar-refractivity contribution in [2.75, 3.05) is 0 Å². The highest BCUT2D eigenvalue weighted by Gasteiger charge is 2.02. The molecule has 0 heterocycles. The molecule has 0 N–H and O–H groups in total. The Labute approximate surface area is 99.0 Å². The van der Waals surface area contributed by atoms with Gasteiger partial charge in [-0.25, -0.2) is 0 Å². The Morgan fingerprint density at radius 1 is 0.938 bits per heavy atom. The van der Waals surface area contributed by atoms with E-state index in [1.54, 1.807) is 0 Å². The summed E-state index contributed by atoms with van der Waals surface area (Å²) in [5, 5.41) is 0. The van der Waals surface area contributed by atoms with Crippen LogP contribution in [0.15, 0.2) is 71.8 Å². The quantitative estimate of drug-likeness (QED) is 0.620. The average Bonchev–Trinajstić information content (AvgIpc) is 2.32. The number of rotatable bonds is 1. The molecule has 2 rings (SSSR count). The third kappa shape index (κ3) is 4.79. The van der Waals surface area contributed by atoms with Gasteiger partial charge < -0.3 is 0 Å². The van der Waals surface area contributed by atoms with Crippen molar-refractivity contribution in [3.8, 4) is 0 Å². The van der Waals surface area contributed by atoms with E-state index in [2.05, 4.69) is 32.6 Å². The minimum atomic E-state index is 1.18. The Morgan fingerprint density at radius 3 is 1.75 bits per heavy atom. The predicted molar refractivity (Wildman–Crippen MR) is 72.3 cm³/mol. The fourth-order valence-corrected chi connectivity index (χ4v) is 1.48. The second-order valence-corrected chi connectivity index (χ2v) is 4.14. The number of benzene rings is 1. The summed E-state index contributed by atoms with van der Waals surface area (Å²) >= 11 is 0. The van der Waals surface area contributed by atoms with Crippen LogP contribution in [0.3, 0.4) is 0 Å². The van der Waals surface area contributed by atoms with E-state index in [1.807, 2.05) is 36.4 Å². The van der Waals surface area contributed by atoms with Crippen LogP contribution < -0.4 is 0 Å². The van der Waals surface area contributed by atoms with Crippen molar-refractivity contribution in [2.24, 2.45) is 0 Å². The van der Waals surface area contributed by atoms with Crippen LogP contribution >= 0.6 is 0 Å². The van der Waals surface area contributed by atoms with Crippen LogP contribution in [0, 0.1) is 0 Å². The molecule has 0 saturated heterocycles. The van der Waals surface area contributed by atoms with E-state index in [4.69, 9.17) is 0 Å². The van der Waals surface area contributed by atoms with Crippen molar-refractivity contribution in [3.05, 3.63) is 71.8 Å². The summed E-state index contributed by atoms with van der Waals surface area (Å²) in [6, 6.07) is 12.0. The maximum Gasteiger partial charge on any atom is -0.0239 e. The van der Waals surface area contributed by atoms with Gasteiger partial charge in [0.15, 0.2) is 0 Å². The van der Waals surface area contributed by atoms with Crippen LogP contribution in [0.5, 0.6) is 0 Å². The molecule has 0 fully saturated rings. The Balaban J connectivity index is 0.000000181. The van der Waals surface area contributed by atoms with Crippen molar-refractivity contribution in [1.29, 1.82) is 0 Å². The topological polar surface area (TPSA) is 0 Å². The number of hydrogen-bond acceptors (Lipinski definition) is 0. The lowest BCUT2D eigenvalue weighted by Gasteiger charge is -2.10. The molecule has 16 heavy (non-hydrogen) atoms. The van der Waals surface area contributed by atoms with E-state index >= 15 is 0 Å². The largest absolute Gasteiger partial charge is 0.0958 e. The summed E-state index contributed by atoms with van der Waals surface area (Å²) in [5.41, 5.74) is 4.10. The van der Waals surface area contributed by atoms with Crippen LogP contribution in [-0.4, -0.2) is 0 Å². The van der Waals surface area contributed by atoms with Gasteiger partial charge in [0, 0.05) is 0 Å². The van der Waals surface area contributed by atoms with Crippen LogP contribution in [0.25, 0.3) is 0 Å². The molecule has 0 nitrogen and oxygen atoms in total. The summed E-state index contributed by atoms with van der Waals surface area (Å²) in [4.78, 5) is 0. The van der Waals surface area contributed by atoms with E-state index in [9.17, 15) is 0 Å². The lowest BCUT2D eigenvalue weighted by Crippen LogP contribution is -1.90. The molecule has 0 radical (unpaired) electrons. The van der Waals surface area contributed by atoms with E-state index in [1.165, 1.54) is 29.6 Å². The van der Waals surface area contributed by atoms with Crippen LogP contribution in [0.4, 0.5) is 0 Å². The van der Waals surface area contributed by atoms with Gasteiger partial charge >= 0.3 is 0 Å². The zero-order chi connectivity index (χ0) is 11.8. The highest BCUT2D eigenvalue weighted by atomic mass is 14.1. The van der Waals surface area contributed by atoms with Gasteiger partial charge in [-0.3, -0.25) is 0 Å².